The monoisotopic (exact) mass is 228 g/mol. The van der Waals surface area contributed by atoms with E-state index in [0.29, 0.717) is 11.4 Å². The van der Waals surface area contributed by atoms with Gasteiger partial charge in [-0.2, -0.15) is 0 Å². The van der Waals surface area contributed by atoms with E-state index in [0.717, 1.165) is 0 Å². The van der Waals surface area contributed by atoms with Crippen molar-refractivity contribution in [3.8, 4) is 5.88 Å². The average Bonchev–Trinajstić information content (AvgIpc) is 2.40. The molecule has 0 aliphatic heterocycles. The summed E-state index contributed by atoms with van der Waals surface area (Å²) in [5, 5.41) is 15.8. The summed E-state index contributed by atoms with van der Waals surface area (Å²) in [5.74, 6) is 0.205. The van der Waals surface area contributed by atoms with Crippen molar-refractivity contribution in [3.63, 3.8) is 0 Å². The minimum Gasteiger partial charge on any atom is -0.854 e. The van der Waals surface area contributed by atoms with Gasteiger partial charge in [-0.3, -0.25) is 0 Å². The first kappa shape index (κ1) is 11.1. The number of ether oxygens (including phenoxy) is 1. The van der Waals surface area contributed by atoms with E-state index in [2.05, 4.69) is 5.10 Å². The number of hydrogen-bond donors (Lipinski definition) is 0. The number of aromatic nitrogens is 1. The van der Waals surface area contributed by atoms with E-state index in [4.69, 9.17) is 4.74 Å². The smallest absolute Gasteiger partial charge is 0.398 e. The van der Waals surface area contributed by atoms with E-state index in [1.54, 1.807) is 42.6 Å². The van der Waals surface area contributed by atoms with Gasteiger partial charge in [-0.1, -0.05) is 30.3 Å². The molecule has 2 rings (SSSR count). The van der Waals surface area contributed by atoms with Crippen molar-refractivity contribution in [2.75, 3.05) is 7.11 Å². The molecular formula is C13H12N2O2. The first-order chi connectivity index (χ1) is 8.31. The first-order valence-corrected chi connectivity index (χ1v) is 5.17. The summed E-state index contributed by atoms with van der Waals surface area (Å²) in [6.45, 7) is 0. The highest BCUT2D eigenvalue weighted by Gasteiger charge is 2.08. The van der Waals surface area contributed by atoms with Crippen LogP contribution in [0, 0.1) is 0 Å². The SMILES string of the molecule is COc1cccc[n+]1/N=C(\[O-])c1ccccc1. The molecule has 17 heavy (non-hydrogen) atoms. The molecule has 4 heteroatoms. The van der Waals surface area contributed by atoms with E-state index >= 15 is 0 Å². The summed E-state index contributed by atoms with van der Waals surface area (Å²) in [6, 6.07) is 14.2. The fourth-order valence-corrected chi connectivity index (χ4v) is 1.40. The average molecular weight is 228 g/mol. The van der Waals surface area contributed by atoms with Gasteiger partial charge in [0.2, 0.25) is 6.20 Å². The Morgan fingerprint density at radius 1 is 1.12 bits per heavy atom. The quantitative estimate of drug-likeness (QED) is 0.437. The first-order valence-electron chi connectivity index (χ1n) is 5.17. The molecule has 0 radical (unpaired) electrons. The maximum atomic E-state index is 11.8. The van der Waals surface area contributed by atoms with Gasteiger partial charge in [-0.25, -0.2) is 0 Å². The Kier molecular flexibility index (Phi) is 3.35. The Hall–Kier alpha value is -2.36. The summed E-state index contributed by atoms with van der Waals surface area (Å²) < 4.78 is 6.51. The van der Waals surface area contributed by atoms with E-state index in [1.807, 2.05) is 12.1 Å². The zero-order chi connectivity index (χ0) is 12.1. The molecular weight excluding hydrogens is 216 g/mol. The van der Waals surface area contributed by atoms with Gasteiger partial charge < -0.3 is 9.84 Å². The summed E-state index contributed by atoms with van der Waals surface area (Å²) in [7, 11) is 1.54. The van der Waals surface area contributed by atoms with Gasteiger partial charge in [0.1, 0.15) is 0 Å². The minimum atomic E-state index is -0.305. The molecule has 2 aromatic rings. The van der Waals surface area contributed by atoms with Crippen LogP contribution in [0.15, 0.2) is 59.8 Å². The van der Waals surface area contributed by atoms with Gasteiger partial charge in [-0.15, -0.1) is 0 Å². The fourth-order valence-electron chi connectivity index (χ4n) is 1.40. The largest absolute Gasteiger partial charge is 0.854 e. The van der Waals surface area contributed by atoms with Gasteiger partial charge in [0.25, 0.3) is 0 Å². The van der Waals surface area contributed by atoms with E-state index < -0.39 is 0 Å². The fraction of sp³-hybridized carbons (Fsp3) is 0.0769. The second kappa shape index (κ2) is 5.12. The molecule has 1 aromatic heterocycles. The van der Waals surface area contributed by atoms with Crippen molar-refractivity contribution in [1.29, 1.82) is 0 Å². The highest BCUT2D eigenvalue weighted by molar-refractivity contribution is 5.89. The molecule has 0 spiro atoms. The van der Waals surface area contributed by atoms with Crippen LogP contribution in [0.1, 0.15) is 5.56 Å². The molecule has 0 unspecified atom stereocenters. The molecule has 1 heterocycles. The summed E-state index contributed by atoms with van der Waals surface area (Å²) in [4.78, 5) is 0. The number of nitrogens with zero attached hydrogens (tertiary/aromatic N) is 2. The Labute approximate surface area is 99.4 Å². The van der Waals surface area contributed by atoms with Crippen molar-refractivity contribution in [2.24, 2.45) is 5.10 Å². The third-order valence-electron chi connectivity index (χ3n) is 2.23. The number of benzene rings is 1. The molecule has 0 fully saturated rings. The molecule has 0 aliphatic carbocycles. The van der Waals surface area contributed by atoms with Crippen molar-refractivity contribution in [3.05, 3.63) is 60.3 Å². The maximum absolute atomic E-state index is 11.8. The van der Waals surface area contributed by atoms with Crippen LogP contribution in [0.2, 0.25) is 0 Å². The second-order valence-electron chi connectivity index (χ2n) is 3.36. The standard InChI is InChI=1S/C13H12N2O2/c1-17-12-9-5-6-10-15(12)14-13(16)11-7-3-2-4-8-11/h2-10H,1H3. The van der Waals surface area contributed by atoms with Crippen LogP contribution in [-0.4, -0.2) is 13.0 Å². The third kappa shape index (κ3) is 2.60. The van der Waals surface area contributed by atoms with E-state index in [1.165, 1.54) is 11.8 Å². The van der Waals surface area contributed by atoms with Gasteiger partial charge in [0.15, 0.2) is 0 Å². The lowest BCUT2D eigenvalue weighted by Crippen LogP contribution is -2.34. The highest BCUT2D eigenvalue weighted by Crippen LogP contribution is 2.01. The van der Waals surface area contributed by atoms with Crippen molar-refractivity contribution in [1.82, 2.24) is 0 Å². The van der Waals surface area contributed by atoms with Gasteiger partial charge >= 0.3 is 5.88 Å². The van der Waals surface area contributed by atoms with Crippen LogP contribution >= 0.6 is 0 Å². The van der Waals surface area contributed by atoms with Crippen LogP contribution in [0.3, 0.4) is 0 Å². The second-order valence-corrected chi connectivity index (χ2v) is 3.36. The lowest BCUT2D eigenvalue weighted by molar-refractivity contribution is -0.686. The van der Waals surface area contributed by atoms with E-state index in [9.17, 15) is 5.11 Å². The molecule has 0 atom stereocenters. The zero-order valence-electron chi connectivity index (χ0n) is 9.41. The molecule has 86 valence electrons. The summed E-state index contributed by atoms with van der Waals surface area (Å²) >= 11 is 0. The number of pyridine rings is 1. The Balaban J connectivity index is 2.36. The van der Waals surface area contributed by atoms with Gasteiger partial charge in [-0.05, 0) is 21.4 Å². The minimum absolute atomic E-state index is 0.305. The molecule has 0 saturated heterocycles. The maximum Gasteiger partial charge on any atom is 0.398 e. The Morgan fingerprint density at radius 2 is 1.82 bits per heavy atom. The van der Waals surface area contributed by atoms with Crippen LogP contribution in [0.4, 0.5) is 0 Å². The molecule has 0 saturated carbocycles. The molecule has 0 N–H and O–H groups in total. The lowest BCUT2D eigenvalue weighted by Gasteiger charge is -2.06. The van der Waals surface area contributed by atoms with E-state index in [-0.39, 0.29) is 5.90 Å². The Morgan fingerprint density at radius 3 is 2.53 bits per heavy atom. The summed E-state index contributed by atoms with van der Waals surface area (Å²) in [6.07, 6.45) is 1.67. The number of methoxy groups -OCH3 is 1. The normalized spacial score (nSPS) is 11.2. The molecule has 1 aromatic carbocycles. The highest BCUT2D eigenvalue weighted by atomic mass is 16.5. The molecule has 0 bridgehead atoms. The van der Waals surface area contributed by atoms with Crippen LogP contribution < -0.4 is 14.5 Å². The van der Waals surface area contributed by atoms with Crippen LogP contribution in [0.25, 0.3) is 0 Å². The van der Waals surface area contributed by atoms with Crippen molar-refractivity contribution in [2.45, 2.75) is 0 Å². The third-order valence-corrected chi connectivity index (χ3v) is 2.23. The topological polar surface area (TPSA) is 48.5 Å². The lowest BCUT2D eigenvalue weighted by atomic mass is 10.2. The molecule has 4 nitrogen and oxygen atoms in total. The van der Waals surface area contributed by atoms with Crippen LogP contribution in [-0.2, 0) is 0 Å². The van der Waals surface area contributed by atoms with Crippen LogP contribution in [0.5, 0.6) is 5.88 Å². The molecule has 0 amide bonds. The predicted molar refractivity (Wildman–Crippen MR) is 61.6 cm³/mol. The van der Waals surface area contributed by atoms with Gasteiger partial charge in [0, 0.05) is 6.07 Å². The zero-order valence-corrected chi connectivity index (χ0v) is 9.41. The van der Waals surface area contributed by atoms with Crippen molar-refractivity contribution >= 4 is 5.90 Å². The number of rotatable bonds is 3. The Bertz CT molecular complexity index is 524. The number of hydrogen-bond acceptors (Lipinski definition) is 3. The van der Waals surface area contributed by atoms with Gasteiger partial charge in [0.05, 0.1) is 19.1 Å². The predicted octanol–water partition coefficient (Wildman–Crippen LogP) is 0.553. The molecule has 0 aliphatic rings. The summed E-state index contributed by atoms with van der Waals surface area (Å²) in [5.41, 5.74) is 0.547. The van der Waals surface area contributed by atoms with Crippen molar-refractivity contribution < 1.29 is 14.5 Å².